The van der Waals surface area contributed by atoms with Gasteiger partial charge in [-0.3, -0.25) is 0 Å². The van der Waals surface area contributed by atoms with Gasteiger partial charge in [-0.15, -0.1) is 0 Å². The minimum Gasteiger partial charge on any atom is -0.493 e. The van der Waals surface area contributed by atoms with Crippen LogP contribution in [0, 0.1) is 13.8 Å². The molecule has 4 nitrogen and oxygen atoms in total. The van der Waals surface area contributed by atoms with Crippen molar-refractivity contribution in [2.45, 2.75) is 26.8 Å². The average molecular weight is 354 g/mol. The second-order valence-corrected chi connectivity index (χ2v) is 7.50. The fourth-order valence-electron chi connectivity index (χ4n) is 3.43. The second-order valence-electron chi connectivity index (χ2n) is 6.52. The number of rotatable bonds is 3. The van der Waals surface area contributed by atoms with Crippen molar-refractivity contribution in [3.05, 3.63) is 46.5 Å². The number of thiazole rings is 1. The fourth-order valence-corrected chi connectivity index (χ4v) is 4.57. The summed E-state index contributed by atoms with van der Waals surface area (Å²) in [5.74, 6) is 1.60. The fraction of sp³-hybridized carbons (Fsp3) is 0.350. The molecule has 25 heavy (non-hydrogen) atoms. The Kier molecular flexibility index (Phi) is 4.04. The molecule has 1 aliphatic rings. The summed E-state index contributed by atoms with van der Waals surface area (Å²) in [6.45, 7) is 6.12. The summed E-state index contributed by atoms with van der Waals surface area (Å²) in [6.07, 6.45) is 0.990. The number of aromatic nitrogens is 1. The quantitative estimate of drug-likeness (QED) is 0.694. The third kappa shape index (κ3) is 2.72. The van der Waals surface area contributed by atoms with Crippen molar-refractivity contribution < 1.29 is 9.47 Å². The molecule has 0 aliphatic carbocycles. The maximum atomic E-state index is 5.47. The summed E-state index contributed by atoms with van der Waals surface area (Å²) < 4.78 is 12.2. The summed E-state index contributed by atoms with van der Waals surface area (Å²) in [7, 11) is 3.37. The molecule has 3 aromatic rings. The molecule has 2 aromatic carbocycles. The van der Waals surface area contributed by atoms with Crippen LogP contribution in [0.2, 0.25) is 0 Å². The largest absolute Gasteiger partial charge is 0.493 e. The van der Waals surface area contributed by atoms with Gasteiger partial charge in [-0.2, -0.15) is 0 Å². The SMILES string of the molecule is COc1cc2c(cc1OC)CN(c1nc3c(C)ccc(C)c3s1)CC2. The maximum absolute atomic E-state index is 5.47. The van der Waals surface area contributed by atoms with Crippen LogP contribution >= 0.6 is 11.3 Å². The van der Waals surface area contributed by atoms with Crippen molar-refractivity contribution in [3.8, 4) is 11.5 Å². The zero-order valence-electron chi connectivity index (χ0n) is 15.0. The molecule has 0 atom stereocenters. The molecule has 0 fully saturated rings. The Bertz CT molecular complexity index is 910. The predicted octanol–water partition coefficient (Wildman–Crippen LogP) is 4.49. The number of methoxy groups -OCH3 is 2. The van der Waals surface area contributed by atoms with Gasteiger partial charge in [-0.25, -0.2) is 4.98 Å². The Morgan fingerprint density at radius 2 is 1.68 bits per heavy atom. The predicted molar refractivity (Wildman–Crippen MR) is 103 cm³/mol. The first-order valence-corrected chi connectivity index (χ1v) is 9.28. The van der Waals surface area contributed by atoms with Gasteiger partial charge in [0.2, 0.25) is 0 Å². The van der Waals surface area contributed by atoms with E-state index < -0.39 is 0 Å². The number of hydrogen-bond acceptors (Lipinski definition) is 5. The van der Waals surface area contributed by atoms with Crippen LogP contribution in [0.1, 0.15) is 22.3 Å². The van der Waals surface area contributed by atoms with Gasteiger partial charge < -0.3 is 14.4 Å². The molecule has 5 heteroatoms. The number of aryl methyl sites for hydroxylation is 2. The van der Waals surface area contributed by atoms with Crippen molar-refractivity contribution >= 4 is 26.7 Å². The van der Waals surface area contributed by atoms with Gasteiger partial charge in [0.25, 0.3) is 0 Å². The number of ether oxygens (including phenoxy) is 2. The lowest BCUT2D eigenvalue weighted by molar-refractivity contribution is 0.353. The van der Waals surface area contributed by atoms with Gasteiger partial charge >= 0.3 is 0 Å². The van der Waals surface area contributed by atoms with Crippen LogP contribution in [0.25, 0.3) is 10.2 Å². The minimum absolute atomic E-state index is 0.791. The topological polar surface area (TPSA) is 34.6 Å². The summed E-state index contributed by atoms with van der Waals surface area (Å²) in [5.41, 5.74) is 6.30. The molecule has 2 heterocycles. The van der Waals surface area contributed by atoms with Crippen LogP contribution in [0.4, 0.5) is 5.13 Å². The highest BCUT2D eigenvalue weighted by molar-refractivity contribution is 7.22. The first kappa shape index (κ1) is 16.2. The first-order chi connectivity index (χ1) is 12.1. The molecule has 0 spiro atoms. The van der Waals surface area contributed by atoms with Crippen LogP contribution in [-0.4, -0.2) is 25.7 Å². The standard InChI is InChI=1S/C20H22N2O2S/c1-12-5-6-13(2)19-18(12)21-20(25-19)22-8-7-14-9-16(23-3)17(24-4)10-15(14)11-22/h5-6,9-10H,7-8,11H2,1-4H3. The molecule has 0 unspecified atom stereocenters. The van der Waals surface area contributed by atoms with Gasteiger partial charge in [-0.05, 0) is 54.7 Å². The van der Waals surface area contributed by atoms with Gasteiger partial charge in [0.1, 0.15) is 0 Å². The molecule has 0 radical (unpaired) electrons. The van der Waals surface area contributed by atoms with E-state index in [4.69, 9.17) is 14.5 Å². The average Bonchev–Trinajstić information content (AvgIpc) is 3.10. The summed E-state index contributed by atoms with van der Waals surface area (Å²) in [4.78, 5) is 7.31. The van der Waals surface area contributed by atoms with E-state index in [9.17, 15) is 0 Å². The van der Waals surface area contributed by atoms with E-state index in [1.54, 1.807) is 25.6 Å². The van der Waals surface area contributed by atoms with E-state index in [-0.39, 0.29) is 0 Å². The summed E-state index contributed by atoms with van der Waals surface area (Å²) in [6, 6.07) is 8.55. The normalized spacial score (nSPS) is 13.8. The highest BCUT2D eigenvalue weighted by Crippen LogP contribution is 2.37. The zero-order chi connectivity index (χ0) is 17.6. The van der Waals surface area contributed by atoms with E-state index in [1.165, 1.54) is 27.0 Å². The van der Waals surface area contributed by atoms with E-state index >= 15 is 0 Å². The Morgan fingerprint density at radius 3 is 2.36 bits per heavy atom. The van der Waals surface area contributed by atoms with Crippen LogP contribution in [0.3, 0.4) is 0 Å². The summed E-state index contributed by atoms with van der Waals surface area (Å²) >= 11 is 1.80. The van der Waals surface area contributed by atoms with Crippen molar-refractivity contribution in [2.75, 3.05) is 25.7 Å². The Hall–Kier alpha value is -2.27. The highest BCUT2D eigenvalue weighted by Gasteiger charge is 2.22. The molecule has 0 amide bonds. The third-order valence-corrected chi connectivity index (χ3v) is 6.17. The third-order valence-electron chi connectivity index (χ3n) is 4.92. The minimum atomic E-state index is 0.791. The summed E-state index contributed by atoms with van der Waals surface area (Å²) in [5, 5.41) is 1.10. The first-order valence-electron chi connectivity index (χ1n) is 8.46. The van der Waals surface area contributed by atoms with Crippen molar-refractivity contribution in [1.82, 2.24) is 4.98 Å². The smallest absolute Gasteiger partial charge is 0.186 e. The Balaban J connectivity index is 1.71. The number of fused-ring (bicyclic) bond motifs is 2. The van der Waals surface area contributed by atoms with Crippen molar-refractivity contribution in [1.29, 1.82) is 0 Å². The molecule has 1 aromatic heterocycles. The molecule has 0 saturated heterocycles. The second kappa shape index (κ2) is 6.23. The zero-order valence-corrected chi connectivity index (χ0v) is 15.9. The molecule has 4 rings (SSSR count). The van der Waals surface area contributed by atoms with Crippen LogP contribution in [0.5, 0.6) is 11.5 Å². The highest BCUT2D eigenvalue weighted by atomic mass is 32.1. The number of benzene rings is 2. The van der Waals surface area contributed by atoms with Crippen LogP contribution in [0.15, 0.2) is 24.3 Å². The molecular weight excluding hydrogens is 332 g/mol. The lowest BCUT2D eigenvalue weighted by Gasteiger charge is -2.29. The van der Waals surface area contributed by atoms with Crippen LogP contribution in [-0.2, 0) is 13.0 Å². The van der Waals surface area contributed by atoms with Crippen LogP contribution < -0.4 is 14.4 Å². The van der Waals surface area contributed by atoms with E-state index in [0.717, 1.165) is 41.7 Å². The van der Waals surface area contributed by atoms with E-state index in [0.29, 0.717) is 0 Å². The lowest BCUT2D eigenvalue weighted by Crippen LogP contribution is -2.30. The molecular formula is C20H22N2O2S. The molecule has 0 N–H and O–H groups in total. The van der Waals surface area contributed by atoms with Crippen molar-refractivity contribution in [3.63, 3.8) is 0 Å². The van der Waals surface area contributed by atoms with E-state index in [2.05, 4.69) is 43.0 Å². The monoisotopic (exact) mass is 354 g/mol. The maximum Gasteiger partial charge on any atom is 0.186 e. The number of hydrogen-bond donors (Lipinski definition) is 0. The lowest BCUT2D eigenvalue weighted by atomic mass is 9.99. The van der Waals surface area contributed by atoms with Gasteiger partial charge in [0, 0.05) is 13.1 Å². The molecule has 130 valence electrons. The molecule has 0 saturated carbocycles. The molecule has 1 aliphatic heterocycles. The van der Waals surface area contributed by atoms with Gasteiger partial charge in [0.05, 0.1) is 24.4 Å². The van der Waals surface area contributed by atoms with Gasteiger partial charge in [-0.1, -0.05) is 23.5 Å². The Labute approximate surface area is 152 Å². The van der Waals surface area contributed by atoms with E-state index in [1.807, 2.05) is 0 Å². The number of nitrogens with zero attached hydrogens (tertiary/aromatic N) is 2. The number of anilines is 1. The molecule has 0 bridgehead atoms. The van der Waals surface area contributed by atoms with Gasteiger partial charge in [0.15, 0.2) is 16.6 Å². The Morgan fingerprint density at radius 1 is 1.00 bits per heavy atom. The van der Waals surface area contributed by atoms with Crippen molar-refractivity contribution in [2.24, 2.45) is 0 Å².